The highest BCUT2D eigenvalue weighted by molar-refractivity contribution is 7.99. The summed E-state index contributed by atoms with van der Waals surface area (Å²) in [6.07, 6.45) is 0.307. The molecule has 3 aromatic rings. The quantitative estimate of drug-likeness (QED) is 0.563. The monoisotopic (exact) mass is 414 g/mol. The minimum absolute atomic E-state index is 0.107. The summed E-state index contributed by atoms with van der Waals surface area (Å²) in [6, 6.07) is 13.1. The Morgan fingerprint density at radius 2 is 2.04 bits per heavy atom. The van der Waals surface area contributed by atoms with Gasteiger partial charge in [-0.3, -0.25) is 4.79 Å². The Morgan fingerprint density at radius 1 is 1.26 bits per heavy atom. The van der Waals surface area contributed by atoms with E-state index < -0.39 is 0 Å². The number of nitrogens with zero attached hydrogens (tertiary/aromatic N) is 3. The molecule has 0 bridgehead atoms. The first kappa shape index (κ1) is 19.4. The average Bonchev–Trinajstić information content (AvgIpc) is 3.07. The summed E-state index contributed by atoms with van der Waals surface area (Å²) in [5.74, 6) is 0.409. The third-order valence-corrected chi connectivity index (χ3v) is 5.67. The van der Waals surface area contributed by atoms with Gasteiger partial charge in [0.25, 0.3) is 0 Å². The minimum Gasteiger partial charge on any atom is -0.302 e. The number of nitrogens with one attached hydrogen (secondary N) is 1. The largest absolute Gasteiger partial charge is 0.302 e. The third-order valence-electron chi connectivity index (χ3n) is 3.55. The standard InChI is InChI=1S/C19H15ClN4OS2/c1-12-11-27-19(22-12)24-17(25)8-9-26-18-14(10-21)4-7-16(23-18)13-2-5-15(20)6-3-13/h2-7,11H,8-9H2,1H3,(H,22,24,25). The van der Waals surface area contributed by atoms with Crippen LogP contribution >= 0.6 is 34.7 Å². The van der Waals surface area contributed by atoms with Crippen molar-refractivity contribution in [2.75, 3.05) is 11.1 Å². The number of hydrogen-bond donors (Lipinski definition) is 1. The molecule has 0 saturated carbocycles. The molecule has 0 aliphatic heterocycles. The molecular weight excluding hydrogens is 400 g/mol. The first-order valence-electron chi connectivity index (χ1n) is 8.07. The van der Waals surface area contributed by atoms with Crippen LogP contribution in [0.25, 0.3) is 11.3 Å². The third kappa shape index (κ3) is 5.30. The first-order valence-corrected chi connectivity index (χ1v) is 10.3. The molecule has 0 spiro atoms. The molecule has 0 aliphatic rings. The van der Waals surface area contributed by atoms with Crippen LogP contribution in [0.2, 0.25) is 5.02 Å². The van der Waals surface area contributed by atoms with Gasteiger partial charge in [0.05, 0.1) is 17.0 Å². The number of benzene rings is 1. The summed E-state index contributed by atoms with van der Waals surface area (Å²) >= 11 is 8.72. The summed E-state index contributed by atoms with van der Waals surface area (Å²) in [5, 5.41) is 15.8. The van der Waals surface area contributed by atoms with Crippen molar-refractivity contribution in [2.45, 2.75) is 18.4 Å². The van der Waals surface area contributed by atoms with Crippen molar-refractivity contribution in [2.24, 2.45) is 0 Å². The molecule has 27 heavy (non-hydrogen) atoms. The van der Waals surface area contributed by atoms with Crippen LogP contribution in [-0.2, 0) is 4.79 Å². The minimum atomic E-state index is -0.107. The SMILES string of the molecule is Cc1csc(NC(=O)CCSc2nc(-c3ccc(Cl)cc3)ccc2C#N)n1. The molecule has 0 radical (unpaired) electrons. The van der Waals surface area contributed by atoms with Crippen LogP contribution in [0.3, 0.4) is 0 Å². The van der Waals surface area contributed by atoms with E-state index in [4.69, 9.17) is 11.6 Å². The van der Waals surface area contributed by atoms with Crippen molar-refractivity contribution in [3.05, 3.63) is 58.1 Å². The number of hydrogen-bond acceptors (Lipinski definition) is 6. The molecule has 0 fully saturated rings. The maximum atomic E-state index is 12.0. The molecule has 0 unspecified atom stereocenters. The molecule has 2 heterocycles. The highest BCUT2D eigenvalue weighted by Gasteiger charge is 2.10. The van der Waals surface area contributed by atoms with Gasteiger partial charge in [-0.15, -0.1) is 23.1 Å². The molecule has 5 nitrogen and oxygen atoms in total. The Kier molecular flexibility index (Phi) is 6.45. The number of nitriles is 1. The van der Waals surface area contributed by atoms with Gasteiger partial charge in [0.1, 0.15) is 11.1 Å². The van der Waals surface area contributed by atoms with E-state index in [-0.39, 0.29) is 5.91 Å². The summed E-state index contributed by atoms with van der Waals surface area (Å²) in [6.45, 7) is 1.88. The number of aromatic nitrogens is 2. The van der Waals surface area contributed by atoms with Crippen molar-refractivity contribution in [1.29, 1.82) is 5.26 Å². The Balaban J connectivity index is 1.64. The van der Waals surface area contributed by atoms with E-state index in [1.165, 1.54) is 23.1 Å². The fraction of sp³-hybridized carbons (Fsp3) is 0.158. The number of pyridine rings is 1. The fourth-order valence-corrected chi connectivity index (χ4v) is 3.99. The molecule has 0 aliphatic carbocycles. The van der Waals surface area contributed by atoms with E-state index in [9.17, 15) is 10.1 Å². The second-order valence-corrected chi connectivity index (χ2v) is 7.99. The molecular formula is C19H15ClN4OS2. The van der Waals surface area contributed by atoms with Crippen LogP contribution in [-0.4, -0.2) is 21.6 Å². The molecule has 3 rings (SSSR count). The number of halogens is 1. The Morgan fingerprint density at radius 3 is 2.70 bits per heavy atom. The van der Waals surface area contributed by atoms with Gasteiger partial charge >= 0.3 is 0 Å². The molecule has 8 heteroatoms. The summed E-state index contributed by atoms with van der Waals surface area (Å²) in [4.78, 5) is 20.8. The van der Waals surface area contributed by atoms with Gasteiger partial charge in [0, 0.05) is 28.1 Å². The predicted molar refractivity (Wildman–Crippen MR) is 110 cm³/mol. The van der Waals surface area contributed by atoms with Crippen LogP contribution in [0.1, 0.15) is 17.7 Å². The number of carbonyl (C=O) groups is 1. The number of aryl methyl sites for hydroxylation is 1. The van der Waals surface area contributed by atoms with Crippen LogP contribution in [0.4, 0.5) is 5.13 Å². The lowest BCUT2D eigenvalue weighted by Crippen LogP contribution is -2.12. The van der Waals surface area contributed by atoms with Gasteiger partial charge in [-0.25, -0.2) is 9.97 Å². The maximum absolute atomic E-state index is 12.0. The number of anilines is 1. The van der Waals surface area contributed by atoms with E-state index in [2.05, 4.69) is 21.4 Å². The van der Waals surface area contributed by atoms with Gasteiger partial charge in [-0.1, -0.05) is 23.7 Å². The molecule has 1 aromatic carbocycles. The lowest BCUT2D eigenvalue weighted by molar-refractivity contribution is -0.115. The first-order chi connectivity index (χ1) is 13.0. The highest BCUT2D eigenvalue weighted by atomic mass is 35.5. The maximum Gasteiger partial charge on any atom is 0.226 e. The zero-order valence-corrected chi connectivity index (χ0v) is 16.8. The summed E-state index contributed by atoms with van der Waals surface area (Å²) < 4.78 is 0. The topological polar surface area (TPSA) is 78.7 Å². The van der Waals surface area contributed by atoms with Crippen molar-refractivity contribution in [3.8, 4) is 17.3 Å². The highest BCUT2D eigenvalue weighted by Crippen LogP contribution is 2.26. The van der Waals surface area contributed by atoms with Crippen molar-refractivity contribution in [3.63, 3.8) is 0 Å². The van der Waals surface area contributed by atoms with E-state index >= 15 is 0 Å². The number of rotatable bonds is 6. The summed E-state index contributed by atoms with van der Waals surface area (Å²) in [7, 11) is 0. The van der Waals surface area contributed by atoms with Crippen molar-refractivity contribution >= 4 is 45.7 Å². The molecule has 1 N–H and O–H groups in total. The number of thiazole rings is 1. The van der Waals surface area contributed by atoms with E-state index in [1.54, 1.807) is 18.2 Å². The van der Waals surface area contributed by atoms with Gasteiger partial charge < -0.3 is 5.32 Å². The second-order valence-electron chi connectivity index (χ2n) is 5.61. The van der Waals surface area contributed by atoms with E-state index in [0.717, 1.165) is 17.0 Å². The van der Waals surface area contributed by atoms with Crippen LogP contribution in [0.5, 0.6) is 0 Å². The fourth-order valence-electron chi connectivity index (χ4n) is 2.25. The molecule has 0 saturated heterocycles. The average molecular weight is 415 g/mol. The Labute approximate surface area is 170 Å². The lowest BCUT2D eigenvalue weighted by Gasteiger charge is -2.07. The zero-order valence-electron chi connectivity index (χ0n) is 14.4. The smallest absolute Gasteiger partial charge is 0.226 e. The van der Waals surface area contributed by atoms with E-state index in [0.29, 0.717) is 32.9 Å². The zero-order chi connectivity index (χ0) is 19.2. The summed E-state index contributed by atoms with van der Waals surface area (Å²) in [5.41, 5.74) is 3.05. The number of thioether (sulfide) groups is 1. The second kappa shape index (κ2) is 9.00. The Hall–Kier alpha value is -2.40. The molecule has 1 amide bonds. The normalized spacial score (nSPS) is 10.4. The molecule has 136 valence electrons. The van der Waals surface area contributed by atoms with Crippen LogP contribution < -0.4 is 5.32 Å². The molecule has 0 atom stereocenters. The van der Waals surface area contributed by atoms with Crippen molar-refractivity contribution < 1.29 is 4.79 Å². The van der Waals surface area contributed by atoms with Gasteiger partial charge in [-0.05, 0) is 31.2 Å². The van der Waals surface area contributed by atoms with Crippen LogP contribution in [0, 0.1) is 18.3 Å². The van der Waals surface area contributed by atoms with Crippen molar-refractivity contribution in [1.82, 2.24) is 9.97 Å². The van der Waals surface area contributed by atoms with E-state index in [1.807, 2.05) is 30.5 Å². The predicted octanol–water partition coefficient (Wildman–Crippen LogP) is 5.16. The number of amides is 1. The number of carbonyl (C=O) groups excluding carboxylic acids is 1. The van der Waals surface area contributed by atoms with Gasteiger partial charge in [0.15, 0.2) is 5.13 Å². The lowest BCUT2D eigenvalue weighted by atomic mass is 10.1. The Bertz CT molecular complexity index is 996. The molecule has 2 aromatic heterocycles. The van der Waals surface area contributed by atoms with Gasteiger partial charge in [0.2, 0.25) is 5.91 Å². The van der Waals surface area contributed by atoms with Gasteiger partial charge in [-0.2, -0.15) is 5.26 Å². The van der Waals surface area contributed by atoms with Crippen LogP contribution in [0.15, 0.2) is 46.8 Å².